The lowest BCUT2D eigenvalue weighted by molar-refractivity contribution is -0.122. The average Bonchev–Trinajstić information content (AvgIpc) is 3.05. The molecule has 2 aromatic carbocycles. The minimum absolute atomic E-state index is 0.129. The summed E-state index contributed by atoms with van der Waals surface area (Å²) in [6, 6.07) is 9.88. The molecule has 1 aliphatic heterocycles. The Hall–Kier alpha value is -2.73. The first-order valence-electron chi connectivity index (χ1n) is 9.67. The molecule has 0 bridgehead atoms. The molecular weight excluding hydrogens is 392 g/mol. The molecule has 0 aromatic heterocycles. The lowest BCUT2D eigenvalue weighted by Crippen LogP contribution is -2.44. The van der Waals surface area contributed by atoms with Gasteiger partial charge in [-0.3, -0.25) is 9.59 Å². The van der Waals surface area contributed by atoms with Crippen LogP contribution in [0, 0.1) is 0 Å². The van der Waals surface area contributed by atoms with Crippen molar-refractivity contribution in [2.24, 2.45) is 0 Å². The van der Waals surface area contributed by atoms with E-state index in [1.165, 1.54) is 0 Å². The van der Waals surface area contributed by atoms with Crippen molar-refractivity contribution in [1.82, 2.24) is 10.6 Å². The van der Waals surface area contributed by atoms with E-state index >= 15 is 0 Å². The molecule has 0 unspecified atom stereocenters. The van der Waals surface area contributed by atoms with Crippen LogP contribution >= 0.6 is 11.6 Å². The fraction of sp³-hybridized carbons (Fsp3) is 0.364. The summed E-state index contributed by atoms with van der Waals surface area (Å²) in [5.41, 5.74) is 2.27. The average molecular weight is 417 g/mol. The molecule has 2 aromatic rings. The Morgan fingerprint density at radius 3 is 2.79 bits per heavy atom. The molecule has 0 aliphatic carbocycles. The number of ether oxygens (including phenoxy) is 2. The molecule has 0 radical (unpaired) electrons. The minimum atomic E-state index is -0.722. The number of hydrogen-bond donors (Lipinski definition) is 2. The highest BCUT2D eigenvalue weighted by Crippen LogP contribution is 2.35. The first-order chi connectivity index (χ1) is 13.9. The molecule has 1 heterocycles. The van der Waals surface area contributed by atoms with Crippen molar-refractivity contribution in [3.63, 3.8) is 0 Å². The normalized spacial score (nSPS) is 15.8. The molecule has 29 heavy (non-hydrogen) atoms. The van der Waals surface area contributed by atoms with Gasteiger partial charge in [-0.1, -0.05) is 23.7 Å². The maximum atomic E-state index is 12.5. The zero-order chi connectivity index (χ0) is 21.0. The second-order valence-electron chi connectivity index (χ2n) is 7.03. The number of benzene rings is 2. The van der Waals surface area contributed by atoms with Gasteiger partial charge in [0.05, 0.1) is 17.2 Å². The van der Waals surface area contributed by atoms with Gasteiger partial charge in [0.2, 0.25) is 5.91 Å². The molecular formula is C22H25ClN2O4. The molecule has 154 valence electrons. The van der Waals surface area contributed by atoms with Crippen molar-refractivity contribution < 1.29 is 19.1 Å². The van der Waals surface area contributed by atoms with E-state index in [4.69, 9.17) is 21.1 Å². The molecule has 2 amide bonds. The summed E-state index contributed by atoms with van der Waals surface area (Å²) in [5, 5.41) is 5.86. The number of fused-ring (bicyclic) bond motifs is 1. The van der Waals surface area contributed by atoms with E-state index in [0.29, 0.717) is 17.2 Å². The fourth-order valence-corrected chi connectivity index (χ4v) is 3.45. The zero-order valence-electron chi connectivity index (χ0n) is 16.8. The Bertz CT molecular complexity index is 916. The lowest BCUT2D eigenvalue weighted by atomic mass is 10.1. The van der Waals surface area contributed by atoms with Crippen LogP contribution in [0.2, 0.25) is 5.02 Å². The van der Waals surface area contributed by atoms with Crippen LogP contribution in [0.3, 0.4) is 0 Å². The number of carbonyl (C=O) groups is 2. The SMILES string of the molecule is CCOc1cc2c(cc1CNC(=O)[C@H](C)NC(=O)c1ccccc1Cl)O[C@@H](C)C2. The Kier molecular flexibility index (Phi) is 6.64. The van der Waals surface area contributed by atoms with Crippen LogP contribution in [0.25, 0.3) is 0 Å². The standard InChI is InChI=1S/C22H25ClN2O4/c1-4-28-19-10-15-9-13(2)29-20(15)11-16(19)12-24-21(26)14(3)25-22(27)17-7-5-6-8-18(17)23/h5-8,10-11,13-14H,4,9,12H2,1-3H3,(H,24,26)(H,25,27)/t13-,14-/m0/s1. The zero-order valence-corrected chi connectivity index (χ0v) is 17.5. The summed E-state index contributed by atoms with van der Waals surface area (Å²) in [7, 11) is 0. The monoisotopic (exact) mass is 416 g/mol. The van der Waals surface area contributed by atoms with Crippen LogP contribution in [-0.4, -0.2) is 30.6 Å². The van der Waals surface area contributed by atoms with Gasteiger partial charge in [-0.25, -0.2) is 0 Å². The van der Waals surface area contributed by atoms with Gasteiger partial charge in [-0.05, 0) is 45.0 Å². The molecule has 1 aliphatic rings. The smallest absolute Gasteiger partial charge is 0.253 e. The number of carbonyl (C=O) groups excluding carboxylic acids is 2. The molecule has 0 saturated heterocycles. The molecule has 3 rings (SSSR count). The van der Waals surface area contributed by atoms with Gasteiger partial charge in [0.15, 0.2) is 0 Å². The molecule has 0 spiro atoms. The summed E-state index contributed by atoms with van der Waals surface area (Å²) in [4.78, 5) is 24.8. The van der Waals surface area contributed by atoms with E-state index in [0.717, 1.165) is 29.0 Å². The highest BCUT2D eigenvalue weighted by molar-refractivity contribution is 6.33. The number of hydrogen-bond acceptors (Lipinski definition) is 4. The predicted octanol–water partition coefficient (Wildman–Crippen LogP) is 3.50. The third kappa shape index (κ3) is 5.01. The van der Waals surface area contributed by atoms with Crippen LogP contribution in [0.15, 0.2) is 36.4 Å². The highest BCUT2D eigenvalue weighted by Gasteiger charge is 2.23. The van der Waals surface area contributed by atoms with Gasteiger partial charge in [0, 0.05) is 24.1 Å². The quantitative estimate of drug-likeness (QED) is 0.724. The van der Waals surface area contributed by atoms with Crippen molar-refractivity contribution in [2.45, 2.75) is 45.9 Å². The van der Waals surface area contributed by atoms with E-state index in [9.17, 15) is 9.59 Å². The van der Waals surface area contributed by atoms with Gasteiger partial charge in [0.25, 0.3) is 5.91 Å². The molecule has 7 heteroatoms. The summed E-state index contributed by atoms with van der Waals surface area (Å²) >= 11 is 6.04. The summed E-state index contributed by atoms with van der Waals surface area (Å²) in [6.07, 6.45) is 0.969. The Morgan fingerprint density at radius 1 is 1.31 bits per heavy atom. The van der Waals surface area contributed by atoms with Gasteiger partial charge >= 0.3 is 0 Å². The van der Waals surface area contributed by atoms with Crippen LogP contribution in [0.5, 0.6) is 11.5 Å². The van der Waals surface area contributed by atoms with Crippen LogP contribution < -0.4 is 20.1 Å². The van der Waals surface area contributed by atoms with E-state index in [-0.39, 0.29) is 18.6 Å². The third-order valence-corrected chi connectivity index (χ3v) is 5.02. The van der Waals surface area contributed by atoms with E-state index in [2.05, 4.69) is 10.6 Å². The number of halogens is 1. The van der Waals surface area contributed by atoms with Gasteiger partial charge in [0.1, 0.15) is 23.6 Å². The maximum Gasteiger partial charge on any atom is 0.253 e. The second-order valence-corrected chi connectivity index (χ2v) is 7.43. The van der Waals surface area contributed by atoms with Crippen molar-refractivity contribution in [3.8, 4) is 11.5 Å². The minimum Gasteiger partial charge on any atom is -0.494 e. The van der Waals surface area contributed by atoms with E-state index in [1.807, 2.05) is 26.0 Å². The van der Waals surface area contributed by atoms with E-state index < -0.39 is 11.9 Å². The van der Waals surface area contributed by atoms with Crippen molar-refractivity contribution in [3.05, 3.63) is 58.1 Å². The Morgan fingerprint density at radius 2 is 2.07 bits per heavy atom. The Labute approximate surface area is 175 Å². The molecule has 6 nitrogen and oxygen atoms in total. The van der Waals surface area contributed by atoms with Crippen LogP contribution in [0.4, 0.5) is 0 Å². The van der Waals surface area contributed by atoms with Crippen LogP contribution in [-0.2, 0) is 17.8 Å². The maximum absolute atomic E-state index is 12.5. The van der Waals surface area contributed by atoms with Crippen molar-refractivity contribution in [1.29, 1.82) is 0 Å². The highest BCUT2D eigenvalue weighted by atomic mass is 35.5. The Balaban J connectivity index is 1.63. The molecule has 0 saturated carbocycles. The third-order valence-electron chi connectivity index (χ3n) is 4.69. The molecule has 0 fully saturated rings. The number of nitrogens with one attached hydrogen (secondary N) is 2. The van der Waals surface area contributed by atoms with Crippen molar-refractivity contribution in [2.75, 3.05) is 6.61 Å². The van der Waals surface area contributed by atoms with Crippen molar-refractivity contribution >= 4 is 23.4 Å². The molecule has 2 atom stereocenters. The van der Waals surface area contributed by atoms with Gasteiger partial charge < -0.3 is 20.1 Å². The largest absolute Gasteiger partial charge is 0.494 e. The number of amides is 2. The number of rotatable bonds is 7. The van der Waals surface area contributed by atoms with Gasteiger partial charge in [-0.15, -0.1) is 0 Å². The van der Waals surface area contributed by atoms with Crippen LogP contribution in [0.1, 0.15) is 42.3 Å². The summed E-state index contributed by atoms with van der Waals surface area (Å²) in [5.74, 6) is 0.859. The first-order valence-corrected chi connectivity index (χ1v) is 10.0. The second kappa shape index (κ2) is 9.18. The molecule has 2 N–H and O–H groups in total. The summed E-state index contributed by atoms with van der Waals surface area (Å²) < 4.78 is 11.5. The predicted molar refractivity (Wildman–Crippen MR) is 112 cm³/mol. The fourth-order valence-electron chi connectivity index (χ4n) is 3.23. The van der Waals surface area contributed by atoms with Gasteiger partial charge in [-0.2, -0.15) is 0 Å². The van der Waals surface area contributed by atoms with E-state index in [1.54, 1.807) is 31.2 Å². The first kappa shape index (κ1) is 21.0. The lowest BCUT2D eigenvalue weighted by Gasteiger charge is -2.17. The summed E-state index contributed by atoms with van der Waals surface area (Å²) in [6.45, 7) is 6.36. The topological polar surface area (TPSA) is 76.7 Å².